The predicted molar refractivity (Wildman–Crippen MR) is 85.5 cm³/mol. The highest BCUT2D eigenvalue weighted by atomic mass is 19.2. The molecule has 0 unspecified atom stereocenters. The molecule has 0 N–H and O–H groups in total. The highest BCUT2D eigenvalue weighted by molar-refractivity contribution is 5.79. The Morgan fingerprint density at radius 1 is 0.433 bits per heavy atom. The fourth-order valence-corrected chi connectivity index (χ4v) is 2.46. The number of rotatable bonds is 4. The van der Waals surface area contributed by atoms with E-state index in [1.165, 1.54) is 0 Å². The van der Waals surface area contributed by atoms with Crippen LogP contribution in [0.15, 0.2) is 36.4 Å². The van der Waals surface area contributed by atoms with Crippen molar-refractivity contribution in [3.05, 3.63) is 82.9 Å². The summed E-state index contributed by atoms with van der Waals surface area (Å²) in [7, 11) is 0. The quantitative estimate of drug-likeness (QED) is 0.190. The van der Waals surface area contributed by atoms with Gasteiger partial charge in [-0.1, -0.05) is 21.1 Å². The Kier molecular flexibility index (Phi) is 5.51. The fraction of sp³-hybridized carbons (Fsp3) is 0. The van der Waals surface area contributed by atoms with Gasteiger partial charge in [0, 0.05) is 12.1 Å². The minimum absolute atomic E-state index is 0.0785. The molecule has 2 nitrogen and oxygen atoms in total. The van der Waals surface area contributed by atoms with Crippen LogP contribution in [0, 0.1) is 46.5 Å². The standard InChI is InChI=1S/C18H6F10N2/c19-7-5-11(15(23)17(25)13(7)21)29(27)9-3-1-2-4-10(9)30(28)12-6-8(20)14(22)18(26)16(12)24/h1-6H. The van der Waals surface area contributed by atoms with Crippen LogP contribution in [0.4, 0.5) is 66.8 Å². The molecule has 0 atom stereocenters. The van der Waals surface area contributed by atoms with Crippen molar-refractivity contribution in [1.82, 2.24) is 0 Å². The van der Waals surface area contributed by atoms with Crippen molar-refractivity contribution in [2.75, 3.05) is 10.2 Å². The number of para-hydroxylation sites is 2. The van der Waals surface area contributed by atoms with Crippen LogP contribution in [0.1, 0.15) is 0 Å². The second-order valence-corrected chi connectivity index (χ2v) is 5.69. The van der Waals surface area contributed by atoms with Crippen molar-refractivity contribution in [1.29, 1.82) is 0 Å². The Bertz CT molecular complexity index is 1050. The molecule has 0 saturated carbocycles. The number of hydrogen-bond donors (Lipinski definition) is 0. The van der Waals surface area contributed by atoms with Gasteiger partial charge in [0.05, 0.1) is 0 Å². The molecule has 0 saturated heterocycles. The second-order valence-electron chi connectivity index (χ2n) is 5.69. The molecule has 12 heteroatoms. The molecule has 0 aromatic heterocycles. The molecule has 30 heavy (non-hydrogen) atoms. The lowest BCUT2D eigenvalue weighted by molar-refractivity contribution is 0.398. The van der Waals surface area contributed by atoms with Gasteiger partial charge in [0.1, 0.15) is 22.7 Å². The summed E-state index contributed by atoms with van der Waals surface area (Å²) in [5.74, 6) is -17.5. The molecular weight excluding hydrogens is 434 g/mol. The van der Waals surface area contributed by atoms with Crippen LogP contribution in [-0.4, -0.2) is 0 Å². The number of anilines is 4. The second kappa shape index (κ2) is 7.76. The molecule has 0 spiro atoms. The Morgan fingerprint density at radius 3 is 1.10 bits per heavy atom. The normalized spacial score (nSPS) is 11.0. The third-order valence-electron chi connectivity index (χ3n) is 3.89. The molecule has 3 aromatic carbocycles. The molecule has 0 aliphatic heterocycles. The maximum absolute atomic E-state index is 14.7. The van der Waals surface area contributed by atoms with E-state index in [9.17, 15) is 44.1 Å². The summed E-state index contributed by atoms with van der Waals surface area (Å²) < 4.78 is 137. The number of hydrogen-bond acceptors (Lipinski definition) is 2. The van der Waals surface area contributed by atoms with E-state index in [1.807, 2.05) is 0 Å². The summed E-state index contributed by atoms with van der Waals surface area (Å²) in [6.07, 6.45) is 0. The van der Waals surface area contributed by atoms with E-state index in [2.05, 4.69) is 0 Å². The van der Waals surface area contributed by atoms with Gasteiger partial charge >= 0.3 is 0 Å². The Morgan fingerprint density at radius 2 is 0.767 bits per heavy atom. The van der Waals surface area contributed by atoms with Gasteiger partial charge < -0.3 is 0 Å². The summed E-state index contributed by atoms with van der Waals surface area (Å²) >= 11 is 0. The third kappa shape index (κ3) is 3.37. The molecule has 0 heterocycles. The number of nitrogens with zero attached hydrogens (tertiary/aromatic N) is 2. The zero-order valence-electron chi connectivity index (χ0n) is 14.1. The van der Waals surface area contributed by atoms with Gasteiger partial charge in [-0.05, 0) is 12.1 Å². The van der Waals surface area contributed by atoms with Crippen molar-refractivity contribution in [2.24, 2.45) is 0 Å². The Hall–Kier alpha value is -3.44. The lowest BCUT2D eigenvalue weighted by Gasteiger charge is -2.22. The SMILES string of the molecule is Fc1cc(N(F)c2ccccc2N(F)c2cc(F)c(F)c(F)c2F)c(F)c(F)c1F. The van der Waals surface area contributed by atoms with Crippen LogP contribution >= 0.6 is 0 Å². The van der Waals surface area contributed by atoms with Crippen LogP contribution in [0.2, 0.25) is 0 Å². The molecule has 0 bridgehead atoms. The summed E-state index contributed by atoms with van der Waals surface area (Å²) in [6, 6.07) is 3.35. The lowest BCUT2D eigenvalue weighted by atomic mass is 10.2. The molecule has 3 aromatic rings. The number of halogens is 10. The largest absolute Gasteiger partial charge is 0.204 e. The minimum Gasteiger partial charge on any atom is -0.204 e. The van der Waals surface area contributed by atoms with Gasteiger partial charge in [-0.3, -0.25) is 0 Å². The molecule has 158 valence electrons. The zero-order valence-corrected chi connectivity index (χ0v) is 14.1. The monoisotopic (exact) mass is 440 g/mol. The summed E-state index contributed by atoms with van der Waals surface area (Å²) in [5, 5.41) is -1.62. The van der Waals surface area contributed by atoms with Crippen molar-refractivity contribution in [2.45, 2.75) is 0 Å². The summed E-state index contributed by atoms with van der Waals surface area (Å²) in [6.45, 7) is 0. The van der Waals surface area contributed by atoms with E-state index < -0.39 is 79.5 Å². The highest BCUT2D eigenvalue weighted by Gasteiger charge is 2.29. The van der Waals surface area contributed by atoms with Crippen molar-refractivity contribution in [3.63, 3.8) is 0 Å². The highest BCUT2D eigenvalue weighted by Crippen LogP contribution is 2.41. The fourth-order valence-electron chi connectivity index (χ4n) is 2.46. The van der Waals surface area contributed by atoms with Crippen molar-refractivity contribution >= 4 is 22.7 Å². The van der Waals surface area contributed by atoms with E-state index in [-0.39, 0.29) is 12.1 Å². The third-order valence-corrected chi connectivity index (χ3v) is 3.89. The average Bonchev–Trinajstić information content (AvgIpc) is 2.74. The first kappa shape index (κ1) is 21.3. The molecule has 0 fully saturated rings. The lowest BCUT2D eigenvalue weighted by Crippen LogP contribution is -2.15. The molecular formula is C18H6F10N2. The van der Waals surface area contributed by atoms with Gasteiger partial charge in [0.2, 0.25) is 0 Å². The van der Waals surface area contributed by atoms with Gasteiger partial charge in [0.15, 0.2) is 46.5 Å². The maximum atomic E-state index is 14.7. The van der Waals surface area contributed by atoms with Gasteiger partial charge in [-0.25, -0.2) is 35.1 Å². The van der Waals surface area contributed by atoms with Gasteiger partial charge in [-0.15, -0.1) is 0 Å². The zero-order chi connectivity index (χ0) is 22.3. The minimum atomic E-state index is -2.36. The van der Waals surface area contributed by atoms with Gasteiger partial charge in [-0.2, -0.15) is 10.2 Å². The van der Waals surface area contributed by atoms with E-state index in [4.69, 9.17) is 0 Å². The van der Waals surface area contributed by atoms with Crippen LogP contribution in [0.3, 0.4) is 0 Å². The number of benzene rings is 3. The average molecular weight is 440 g/mol. The molecule has 0 aliphatic rings. The van der Waals surface area contributed by atoms with Crippen molar-refractivity contribution < 1.29 is 44.1 Å². The first-order valence-electron chi connectivity index (χ1n) is 7.73. The van der Waals surface area contributed by atoms with Crippen molar-refractivity contribution in [3.8, 4) is 0 Å². The van der Waals surface area contributed by atoms with E-state index in [0.717, 1.165) is 12.1 Å². The molecule has 0 amide bonds. The Labute approximate surface area is 161 Å². The van der Waals surface area contributed by atoms with E-state index in [1.54, 1.807) is 0 Å². The molecule has 3 rings (SSSR count). The topological polar surface area (TPSA) is 6.48 Å². The van der Waals surface area contributed by atoms with Gasteiger partial charge in [0.25, 0.3) is 0 Å². The first-order valence-corrected chi connectivity index (χ1v) is 7.73. The maximum Gasteiger partial charge on any atom is 0.199 e. The van der Waals surface area contributed by atoms with E-state index >= 15 is 0 Å². The van der Waals surface area contributed by atoms with Crippen LogP contribution in [-0.2, 0) is 0 Å². The summed E-state index contributed by atoms with van der Waals surface area (Å²) in [4.78, 5) is 0. The molecule has 0 aliphatic carbocycles. The van der Waals surface area contributed by atoms with Crippen LogP contribution in [0.25, 0.3) is 0 Å². The van der Waals surface area contributed by atoms with Crippen LogP contribution in [0.5, 0.6) is 0 Å². The predicted octanol–water partition coefficient (Wildman–Crippen LogP) is 6.84. The summed E-state index contributed by atoms with van der Waals surface area (Å²) in [5.41, 5.74) is -5.11. The first-order chi connectivity index (χ1) is 14.1. The van der Waals surface area contributed by atoms with E-state index in [0.29, 0.717) is 12.1 Å². The molecule has 0 radical (unpaired) electrons. The van der Waals surface area contributed by atoms with Crippen LogP contribution < -0.4 is 10.2 Å². The Balaban J connectivity index is 2.15. The smallest absolute Gasteiger partial charge is 0.199 e.